The number of rotatable bonds is 4. The molecular formula is C10H13BrN4O. The Bertz CT molecular complexity index is 477. The highest BCUT2D eigenvalue weighted by Crippen LogP contribution is 2.26. The zero-order chi connectivity index (χ0) is 11.5. The maximum Gasteiger partial charge on any atom is 0.169 e. The summed E-state index contributed by atoms with van der Waals surface area (Å²) >= 11 is 3.28. The molecule has 2 N–H and O–H groups in total. The third-order valence-corrected chi connectivity index (χ3v) is 2.67. The fourth-order valence-electron chi connectivity index (χ4n) is 1.57. The highest BCUT2D eigenvalue weighted by atomic mass is 79.9. The van der Waals surface area contributed by atoms with Crippen molar-refractivity contribution in [2.45, 2.75) is 26.4 Å². The number of halogens is 1. The van der Waals surface area contributed by atoms with Gasteiger partial charge in [-0.3, -0.25) is 0 Å². The molecule has 0 bridgehead atoms. The van der Waals surface area contributed by atoms with E-state index in [4.69, 9.17) is 10.2 Å². The van der Waals surface area contributed by atoms with Crippen molar-refractivity contribution in [1.29, 1.82) is 0 Å². The molecule has 0 aliphatic rings. The Morgan fingerprint density at radius 3 is 2.88 bits per heavy atom. The van der Waals surface area contributed by atoms with Crippen LogP contribution in [-0.4, -0.2) is 15.0 Å². The zero-order valence-corrected chi connectivity index (χ0v) is 10.6. The van der Waals surface area contributed by atoms with Gasteiger partial charge >= 0.3 is 0 Å². The van der Waals surface area contributed by atoms with Crippen LogP contribution in [-0.2, 0) is 13.1 Å². The van der Waals surface area contributed by atoms with Gasteiger partial charge in [0.25, 0.3) is 0 Å². The first-order chi connectivity index (χ1) is 7.76. The van der Waals surface area contributed by atoms with Gasteiger partial charge in [0.1, 0.15) is 11.4 Å². The lowest BCUT2D eigenvalue weighted by atomic mass is 10.2. The van der Waals surface area contributed by atoms with Gasteiger partial charge in [-0.05, 0) is 34.5 Å². The average molecular weight is 285 g/mol. The summed E-state index contributed by atoms with van der Waals surface area (Å²) in [4.78, 5) is 0. The van der Waals surface area contributed by atoms with Crippen molar-refractivity contribution in [1.82, 2.24) is 15.0 Å². The SMILES string of the molecule is CCCn1nnc(CN)c1-c1ccc(Br)o1. The zero-order valence-electron chi connectivity index (χ0n) is 8.98. The van der Waals surface area contributed by atoms with Gasteiger partial charge in [0.15, 0.2) is 10.4 Å². The number of hydrogen-bond donors (Lipinski definition) is 1. The quantitative estimate of drug-likeness (QED) is 0.934. The molecule has 0 saturated carbocycles. The van der Waals surface area contributed by atoms with Crippen LogP contribution in [0.4, 0.5) is 0 Å². The third-order valence-electron chi connectivity index (χ3n) is 2.24. The minimum Gasteiger partial charge on any atom is -0.448 e. The van der Waals surface area contributed by atoms with Crippen LogP contribution in [0.1, 0.15) is 19.0 Å². The molecule has 5 nitrogen and oxygen atoms in total. The van der Waals surface area contributed by atoms with Crippen molar-refractivity contribution in [2.75, 3.05) is 0 Å². The molecular weight excluding hydrogens is 272 g/mol. The predicted molar refractivity (Wildman–Crippen MR) is 63.6 cm³/mol. The molecule has 0 fully saturated rings. The Labute approximate surface area is 102 Å². The van der Waals surface area contributed by atoms with Gasteiger partial charge in [-0.15, -0.1) is 5.10 Å². The number of furan rings is 1. The Kier molecular flexibility index (Phi) is 3.40. The van der Waals surface area contributed by atoms with Crippen LogP contribution in [0, 0.1) is 0 Å². The standard InChI is InChI=1S/C10H13BrN4O/c1-2-5-15-10(7(6-12)13-14-15)8-3-4-9(11)16-8/h3-4H,2,5-6,12H2,1H3. The molecule has 0 spiro atoms. The first-order valence-corrected chi connectivity index (χ1v) is 5.93. The Morgan fingerprint density at radius 1 is 1.50 bits per heavy atom. The summed E-state index contributed by atoms with van der Waals surface area (Å²) in [7, 11) is 0. The summed E-state index contributed by atoms with van der Waals surface area (Å²) in [5.74, 6) is 0.741. The van der Waals surface area contributed by atoms with E-state index in [1.807, 2.05) is 16.8 Å². The highest BCUT2D eigenvalue weighted by Gasteiger charge is 2.16. The number of nitrogens with zero attached hydrogens (tertiary/aromatic N) is 3. The van der Waals surface area contributed by atoms with Gasteiger partial charge in [-0.25, -0.2) is 4.68 Å². The average Bonchev–Trinajstić information content (AvgIpc) is 2.85. The van der Waals surface area contributed by atoms with Gasteiger partial charge in [-0.1, -0.05) is 12.1 Å². The van der Waals surface area contributed by atoms with E-state index in [0.717, 1.165) is 30.1 Å². The van der Waals surface area contributed by atoms with E-state index in [1.165, 1.54) is 0 Å². The van der Waals surface area contributed by atoms with E-state index >= 15 is 0 Å². The molecule has 86 valence electrons. The Hall–Kier alpha value is -1.14. The molecule has 2 heterocycles. The van der Waals surface area contributed by atoms with E-state index in [1.54, 1.807) is 0 Å². The largest absolute Gasteiger partial charge is 0.448 e. The second-order valence-corrected chi connectivity index (χ2v) is 4.20. The minimum absolute atomic E-state index is 0.358. The summed E-state index contributed by atoms with van der Waals surface area (Å²) in [5.41, 5.74) is 7.27. The van der Waals surface area contributed by atoms with Crippen LogP contribution in [0.3, 0.4) is 0 Å². The minimum atomic E-state index is 0.358. The topological polar surface area (TPSA) is 69.9 Å². The van der Waals surface area contributed by atoms with Gasteiger partial charge in [-0.2, -0.15) is 0 Å². The van der Waals surface area contributed by atoms with E-state index in [0.29, 0.717) is 11.2 Å². The number of aromatic nitrogens is 3. The van der Waals surface area contributed by atoms with Gasteiger partial charge in [0.05, 0.1) is 0 Å². The molecule has 0 saturated heterocycles. The van der Waals surface area contributed by atoms with Gasteiger partial charge < -0.3 is 10.2 Å². The molecule has 16 heavy (non-hydrogen) atoms. The van der Waals surface area contributed by atoms with Gasteiger partial charge in [0.2, 0.25) is 0 Å². The summed E-state index contributed by atoms with van der Waals surface area (Å²) in [6.45, 7) is 3.25. The smallest absolute Gasteiger partial charge is 0.169 e. The maximum atomic E-state index is 5.64. The monoisotopic (exact) mass is 284 g/mol. The lowest BCUT2D eigenvalue weighted by Gasteiger charge is -2.03. The first kappa shape index (κ1) is 11.3. The van der Waals surface area contributed by atoms with Crippen molar-refractivity contribution < 1.29 is 4.42 Å². The van der Waals surface area contributed by atoms with Crippen molar-refractivity contribution in [3.05, 3.63) is 22.5 Å². The summed E-state index contributed by atoms with van der Waals surface area (Å²) in [6.07, 6.45) is 0.988. The lowest BCUT2D eigenvalue weighted by Crippen LogP contribution is -2.03. The second-order valence-electron chi connectivity index (χ2n) is 3.42. The van der Waals surface area contributed by atoms with Crippen LogP contribution in [0.2, 0.25) is 0 Å². The summed E-state index contributed by atoms with van der Waals surface area (Å²) in [5, 5.41) is 8.13. The Morgan fingerprint density at radius 2 is 2.31 bits per heavy atom. The molecule has 2 aromatic heterocycles. The molecule has 2 aromatic rings. The van der Waals surface area contributed by atoms with Crippen LogP contribution in [0.15, 0.2) is 21.2 Å². The number of nitrogens with two attached hydrogens (primary N) is 1. The van der Waals surface area contributed by atoms with Crippen LogP contribution >= 0.6 is 15.9 Å². The second kappa shape index (κ2) is 4.80. The third kappa shape index (κ3) is 2.03. The van der Waals surface area contributed by atoms with E-state index < -0.39 is 0 Å². The van der Waals surface area contributed by atoms with Crippen LogP contribution in [0.5, 0.6) is 0 Å². The Balaban J connectivity index is 2.47. The van der Waals surface area contributed by atoms with Crippen molar-refractivity contribution in [3.63, 3.8) is 0 Å². The number of aryl methyl sites for hydroxylation is 1. The van der Waals surface area contributed by atoms with Gasteiger partial charge in [0, 0.05) is 13.1 Å². The molecule has 0 aromatic carbocycles. The maximum absolute atomic E-state index is 5.64. The normalized spacial score (nSPS) is 10.9. The van der Waals surface area contributed by atoms with Crippen molar-refractivity contribution in [2.24, 2.45) is 5.73 Å². The van der Waals surface area contributed by atoms with Crippen LogP contribution in [0.25, 0.3) is 11.5 Å². The fraction of sp³-hybridized carbons (Fsp3) is 0.400. The van der Waals surface area contributed by atoms with Crippen molar-refractivity contribution >= 4 is 15.9 Å². The lowest BCUT2D eigenvalue weighted by molar-refractivity contribution is 0.532. The molecule has 0 radical (unpaired) electrons. The van der Waals surface area contributed by atoms with E-state index in [-0.39, 0.29) is 0 Å². The number of hydrogen-bond acceptors (Lipinski definition) is 4. The van der Waals surface area contributed by atoms with E-state index in [9.17, 15) is 0 Å². The molecule has 0 unspecified atom stereocenters. The molecule has 0 atom stereocenters. The molecule has 0 amide bonds. The molecule has 0 aliphatic heterocycles. The van der Waals surface area contributed by atoms with Crippen molar-refractivity contribution in [3.8, 4) is 11.5 Å². The summed E-state index contributed by atoms with van der Waals surface area (Å²) < 4.78 is 8.03. The molecule has 2 rings (SSSR count). The van der Waals surface area contributed by atoms with E-state index in [2.05, 4.69) is 33.2 Å². The highest BCUT2D eigenvalue weighted by molar-refractivity contribution is 9.10. The first-order valence-electron chi connectivity index (χ1n) is 5.14. The molecule has 0 aliphatic carbocycles. The van der Waals surface area contributed by atoms with Crippen LogP contribution < -0.4 is 5.73 Å². The summed E-state index contributed by atoms with van der Waals surface area (Å²) in [6, 6.07) is 3.73. The molecule has 6 heteroatoms. The fourth-order valence-corrected chi connectivity index (χ4v) is 1.87. The predicted octanol–water partition coefficient (Wildman–Crippen LogP) is 2.17.